The maximum Gasteiger partial charge on any atom is 0.255 e. The van der Waals surface area contributed by atoms with Gasteiger partial charge in [0.15, 0.2) is 0 Å². The van der Waals surface area contributed by atoms with Crippen LogP contribution in [0.25, 0.3) is 0 Å². The van der Waals surface area contributed by atoms with Crippen LogP contribution in [0.1, 0.15) is 48.5 Å². The van der Waals surface area contributed by atoms with Crippen molar-refractivity contribution in [1.29, 1.82) is 0 Å². The van der Waals surface area contributed by atoms with E-state index in [0.29, 0.717) is 11.6 Å². The SMILES string of the molecule is CCC1CCCCN1C(=O)c1cncc(NCCc2cccc(Cl)c2)c1. The first kappa shape index (κ1) is 18.7. The number of anilines is 1. The average Bonchev–Trinajstić information content (AvgIpc) is 2.68. The molecule has 3 rings (SSSR count). The third-order valence-electron chi connectivity index (χ3n) is 4.98. The van der Waals surface area contributed by atoms with E-state index >= 15 is 0 Å². The van der Waals surface area contributed by atoms with Gasteiger partial charge in [0, 0.05) is 36.5 Å². The Hall–Kier alpha value is -2.07. The van der Waals surface area contributed by atoms with Gasteiger partial charge in [-0.05, 0) is 55.9 Å². The zero-order valence-corrected chi connectivity index (χ0v) is 16.0. The van der Waals surface area contributed by atoms with E-state index < -0.39 is 0 Å². The standard InChI is InChI=1S/C21H26ClN3O/c1-2-20-8-3-4-11-25(20)21(26)17-13-19(15-23-14-17)24-10-9-16-6-5-7-18(22)12-16/h5-7,12-15,20,24H,2-4,8-11H2,1H3. The number of pyridine rings is 1. The molecule has 0 spiro atoms. The topological polar surface area (TPSA) is 45.2 Å². The third kappa shape index (κ3) is 4.76. The quantitative estimate of drug-likeness (QED) is 0.793. The van der Waals surface area contributed by atoms with Crippen LogP contribution in [0, 0.1) is 0 Å². The lowest BCUT2D eigenvalue weighted by molar-refractivity contribution is 0.0607. The van der Waals surface area contributed by atoms with Gasteiger partial charge in [0.05, 0.1) is 11.3 Å². The van der Waals surface area contributed by atoms with E-state index in [1.165, 1.54) is 12.0 Å². The summed E-state index contributed by atoms with van der Waals surface area (Å²) in [5, 5.41) is 4.11. The number of hydrogen-bond donors (Lipinski definition) is 1. The van der Waals surface area contributed by atoms with E-state index in [1.807, 2.05) is 29.2 Å². The Morgan fingerprint density at radius 2 is 2.19 bits per heavy atom. The molecule has 1 atom stereocenters. The fraction of sp³-hybridized carbons (Fsp3) is 0.429. The molecule has 1 aromatic carbocycles. The molecule has 1 aliphatic heterocycles. The van der Waals surface area contributed by atoms with Crippen LogP contribution in [-0.2, 0) is 6.42 Å². The van der Waals surface area contributed by atoms with Gasteiger partial charge < -0.3 is 10.2 Å². The number of nitrogens with one attached hydrogen (secondary N) is 1. The highest BCUT2D eigenvalue weighted by Crippen LogP contribution is 2.22. The number of aromatic nitrogens is 1. The van der Waals surface area contributed by atoms with Gasteiger partial charge in [-0.2, -0.15) is 0 Å². The van der Waals surface area contributed by atoms with Gasteiger partial charge in [0.25, 0.3) is 5.91 Å². The molecule has 1 amide bonds. The first-order valence-corrected chi connectivity index (χ1v) is 9.79. The van der Waals surface area contributed by atoms with E-state index in [-0.39, 0.29) is 5.91 Å². The molecule has 2 aromatic rings. The number of nitrogens with zero attached hydrogens (tertiary/aromatic N) is 2. The zero-order valence-electron chi connectivity index (χ0n) is 15.2. The number of piperidine rings is 1. The first-order chi connectivity index (χ1) is 12.7. The van der Waals surface area contributed by atoms with Crippen molar-refractivity contribution in [1.82, 2.24) is 9.88 Å². The van der Waals surface area contributed by atoms with Crippen LogP contribution < -0.4 is 5.32 Å². The molecule has 138 valence electrons. The second-order valence-electron chi connectivity index (χ2n) is 6.83. The van der Waals surface area contributed by atoms with Gasteiger partial charge >= 0.3 is 0 Å². The number of rotatable bonds is 6. The first-order valence-electron chi connectivity index (χ1n) is 9.41. The number of amides is 1. The molecular weight excluding hydrogens is 346 g/mol. The molecule has 1 aromatic heterocycles. The van der Waals surface area contributed by atoms with Crippen molar-refractivity contribution in [2.24, 2.45) is 0 Å². The predicted octanol–water partition coefficient (Wildman–Crippen LogP) is 4.79. The lowest BCUT2D eigenvalue weighted by atomic mass is 9.99. The maximum atomic E-state index is 12.9. The summed E-state index contributed by atoms with van der Waals surface area (Å²) < 4.78 is 0. The Morgan fingerprint density at radius 3 is 3.00 bits per heavy atom. The monoisotopic (exact) mass is 371 g/mol. The smallest absolute Gasteiger partial charge is 0.255 e. The maximum absolute atomic E-state index is 12.9. The number of carbonyl (C=O) groups excluding carboxylic acids is 1. The number of halogens is 1. The van der Waals surface area contributed by atoms with Crippen LogP contribution in [0.3, 0.4) is 0 Å². The minimum absolute atomic E-state index is 0.0996. The van der Waals surface area contributed by atoms with Gasteiger partial charge in [0.2, 0.25) is 0 Å². The van der Waals surface area contributed by atoms with Crippen LogP contribution in [0.5, 0.6) is 0 Å². The summed E-state index contributed by atoms with van der Waals surface area (Å²) in [7, 11) is 0. The van der Waals surface area contributed by atoms with E-state index in [2.05, 4.69) is 23.3 Å². The molecule has 0 aliphatic carbocycles. The Balaban J connectivity index is 1.61. The van der Waals surface area contributed by atoms with Crippen molar-refractivity contribution in [3.8, 4) is 0 Å². The fourth-order valence-corrected chi connectivity index (χ4v) is 3.77. The lowest BCUT2D eigenvalue weighted by Crippen LogP contribution is -2.43. The van der Waals surface area contributed by atoms with Gasteiger partial charge in [-0.25, -0.2) is 0 Å². The van der Waals surface area contributed by atoms with Crippen molar-refractivity contribution in [3.05, 3.63) is 58.9 Å². The summed E-state index contributed by atoms with van der Waals surface area (Å²) in [5.41, 5.74) is 2.73. The number of likely N-dealkylation sites (tertiary alicyclic amines) is 1. The van der Waals surface area contributed by atoms with Crippen molar-refractivity contribution < 1.29 is 4.79 Å². The molecule has 0 bridgehead atoms. The summed E-state index contributed by atoms with van der Waals surface area (Å²) in [5.74, 6) is 0.0996. The number of benzene rings is 1. The van der Waals surface area contributed by atoms with Crippen LogP contribution in [0.4, 0.5) is 5.69 Å². The van der Waals surface area contributed by atoms with Gasteiger partial charge in [-0.15, -0.1) is 0 Å². The predicted molar refractivity (Wildman–Crippen MR) is 107 cm³/mol. The molecule has 0 saturated carbocycles. The van der Waals surface area contributed by atoms with Crippen LogP contribution in [-0.4, -0.2) is 34.9 Å². The van der Waals surface area contributed by atoms with Crippen LogP contribution in [0.15, 0.2) is 42.7 Å². The average molecular weight is 372 g/mol. The van der Waals surface area contributed by atoms with Crippen molar-refractivity contribution in [2.75, 3.05) is 18.4 Å². The van der Waals surface area contributed by atoms with Gasteiger partial charge in [0.1, 0.15) is 0 Å². The van der Waals surface area contributed by atoms with E-state index in [1.54, 1.807) is 12.4 Å². The Kier molecular flexibility index (Phi) is 6.51. The summed E-state index contributed by atoms with van der Waals surface area (Å²) in [6.07, 6.45) is 8.72. The summed E-state index contributed by atoms with van der Waals surface area (Å²) in [4.78, 5) is 19.2. The second kappa shape index (κ2) is 9.04. The van der Waals surface area contributed by atoms with Crippen molar-refractivity contribution in [2.45, 2.75) is 45.1 Å². The summed E-state index contributed by atoms with van der Waals surface area (Å²) in [6.45, 7) is 3.77. The fourth-order valence-electron chi connectivity index (χ4n) is 3.56. The van der Waals surface area contributed by atoms with Crippen molar-refractivity contribution >= 4 is 23.2 Å². The second-order valence-corrected chi connectivity index (χ2v) is 7.26. The zero-order chi connectivity index (χ0) is 18.4. The normalized spacial score (nSPS) is 17.2. The number of carbonyl (C=O) groups is 1. The Labute approximate surface area is 160 Å². The molecule has 1 N–H and O–H groups in total. The molecule has 4 nitrogen and oxygen atoms in total. The number of hydrogen-bond acceptors (Lipinski definition) is 3. The molecule has 26 heavy (non-hydrogen) atoms. The third-order valence-corrected chi connectivity index (χ3v) is 5.21. The minimum atomic E-state index is 0.0996. The summed E-state index contributed by atoms with van der Waals surface area (Å²) in [6, 6.07) is 10.1. The van der Waals surface area contributed by atoms with Gasteiger partial charge in [-0.1, -0.05) is 30.7 Å². The van der Waals surface area contributed by atoms with E-state index in [9.17, 15) is 4.79 Å². The molecule has 1 unspecified atom stereocenters. The Bertz CT molecular complexity index is 750. The Morgan fingerprint density at radius 1 is 1.31 bits per heavy atom. The minimum Gasteiger partial charge on any atom is -0.383 e. The van der Waals surface area contributed by atoms with Gasteiger partial charge in [-0.3, -0.25) is 9.78 Å². The molecule has 5 heteroatoms. The van der Waals surface area contributed by atoms with E-state index in [4.69, 9.17) is 11.6 Å². The van der Waals surface area contributed by atoms with E-state index in [0.717, 1.165) is 49.5 Å². The summed E-state index contributed by atoms with van der Waals surface area (Å²) >= 11 is 6.02. The highest BCUT2D eigenvalue weighted by atomic mass is 35.5. The largest absolute Gasteiger partial charge is 0.383 e. The van der Waals surface area contributed by atoms with Crippen molar-refractivity contribution in [3.63, 3.8) is 0 Å². The lowest BCUT2D eigenvalue weighted by Gasteiger charge is -2.35. The van der Waals surface area contributed by atoms with Crippen LogP contribution in [0.2, 0.25) is 5.02 Å². The molecule has 1 fully saturated rings. The van der Waals surface area contributed by atoms with Crippen LogP contribution >= 0.6 is 11.6 Å². The highest BCUT2D eigenvalue weighted by Gasteiger charge is 2.26. The molecule has 1 aliphatic rings. The molecule has 0 radical (unpaired) electrons. The molecule has 1 saturated heterocycles. The molecular formula is C21H26ClN3O. The molecule has 2 heterocycles. The highest BCUT2D eigenvalue weighted by molar-refractivity contribution is 6.30.